The van der Waals surface area contributed by atoms with Crippen LogP contribution >= 0.6 is 0 Å². The van der Waals surface area contributed by atoms with Gasteiger partial charge >= 0.3 is 0 Å². The quantitative estimate of drug-likeness (QED) is 0.710. The van der Waals surface area contributed by atoms with Gasteiger partial charge < -0.3 is 9.47 Å². The van der Waals surface area contributed by atoms with Crippen molar-refractivity contribution in [2.45, 2.75) is 13.2 Å². The number of hydrogen-bond acceptors (Lipinski definition) is 2. The molecule has 72 valence electrons. The molecular formula is C12H12O2. The van der Waals surface area contributed by atoms with Crippen LogP contribution < -0.4 is 4.74 Å². The van der Waals surface area contributed by atoms with Crippen molar-refractivity contribution in [1.29, 1.82) is 0 Å². The molecule has 0 spiro atoms. The largest absolute Gasteiger partial charge is 0.451 e. The van der Waals surface area contributed by atoms with E-state index in [4.69, 9.17) is 9.47 Å². The Bertz CT molecular complexity index is 365. The Balaban J connectivity index is 2.04. The van der Waals surface area contributed by atoms with E-state index in [1.54, 1.807) is 0 Å². The highest BCUT2D eigenvalue weighted by Crippen LogP contribution is 2.23. The highest BCUT2D eigenvalue weighted by Gasteiger charge is 2.18. The van der Waals surface area contributed by atoms with Crippen LogP contribution in [0.1, 0.15) is 6.92 Å². The number of rotatable bonds is 2. The van der Waals surface area contributed by atoms with Crippen LogP contribution in [0.2, 0.25) is 0 Å². The second-order valence-electron chi connectivity index (χ2n) is 3.19. The molecule has 1 unspecified atom stereocenters. The average molecular weight is 188 g/mol. The third-order valence-electron chi connectivity index (χ3n) is 2.08. The van der Waals surface area contributed by atoms with Gasteiger partial charge in [0.25, 0.3) is 6.29 Å². The summed E-state index contributed by atoms with van der Waals surface area (Å²) in [7, 11) is 0. The fourth-order valence-electron chi connectivity index (χ4n) is 1.26. The SMILES string of the molecule is C=C1OC(Oc2ccccc2)C=C1C. The zero-order valence-corrected chi connectivity index (χ0v) is 8.07. The van der Waals surface area contributed by atoms with E-state index in [0.29, 0.717) is 5.76 Å². The summed E-state index contributed by atoms with van der Waals surface area (Å²) in [5.74, 6) is 1.49. The number of para-hydroxylation sites is 1. The van der Waals surface area contributed by atoms with Crippen molar-refractivity contribution in [1.82, 2.24) is 0 Å². The van der Waals surface area contributed by atoms with Gasteiger partial charge in [-0.1, -0.05) is 24.8 Å². The van der Waals surface area contributed by atoms with Gasteiger partial charge in [0.05, 0.1) is 0 Å². The Labute approximate surface area is 83.5 Å². The zero-order chi connectivity index (χ0) is 9.97. The number of benzene rings is 1. The van der Waals surface area contributed by atoms with Crippen molar-refractivity contribution in [3.05, 3.63) is 54.3 Å². The molecule has 2 heteroatoms. The molecule has 0 bridgehead atoms. The maximum Gasteiger partial charge on any atom is 0.261 e. The predicted octanol–water partition coefficient (Wildman–Crippen LogP) is 2.88. The molecule has 1 atom stereocenters. The van der Waals surface area contributed by atoms with Gasteiger partial charge in [-0.3, -0.25) is 0 Å². The normalized spacial score (nSPS) is 20.2. The van der Waals surface area contributed by atoms with E-state index in [0.717, 1.165) is 11.3 Å². The molecule has 14 heavy (non-hydrogen) atoms. The van der Waals surface area contributed by atoms with Crippen LogP contribution in [-0.4, -0.2) is 6.29 Å². The van der Waals surface area contributed by atoms with Gasteiger partial charge in [0.1, 0.15) is 11.5 Å². The maximum atomic E-state index is 5.56. The van der Waals surface area contributed by atoms with Gasteiger partial charge in [0.2, 0.25) is 0 Å². The Hall–Kier alpha value is -1.70. The lowest BCUT2D eigenvalue weighted by Crippen LogP contribution is -2.12. The lowest BCUT2D eigenvalue weighted by atomic mass is 10.3. The van der Waals surface area contributed by atoms with E-state index in [-0.39, 0.29) is 6.29 Å². The van der Waals surface area contributed by atoms with Crippen LogP contribution in [0.5, 0.6) is 5.75 Å². The first-order valence-electron chi connectivity index (χ1n) is 4.52. The van der Waals surface area contributed by atoms with Crippen molar-refractivity contribution < 1.29 is 9.47 Å². The van der Waals surface area contributed by atoms with Gasteiger partial charge in [-0.05, 0) is 24.6 Å². The monoisotopic (exact) mass is 188 g/mol. The lowest BCUT2D eigenvalue weighted by molar-refractivity contribution is 0.0108. The van der Waals surface area contributed by atoms with Crippen LogP contribution in [0.25, 0.3) is 0 Å². The first-order chi connectivity index (χ1) is 6.75. The third kappa shape index (κ3) is 1.79. The summed E-state index contributed by atoms with van der Waals surface area (Å²) in [5.41, 5.74) is 1.03. The van der Waals surface area contributed by atoms with Crippen LogP contribution in [0.4, 0.5) is 0 Å². The van der Waals surface area contributed by atoms with Gasteiger partial charge in [0.15, 0.2) is 0 Å². The Morgan fingerprint density at radius 1 is 1.29 bits per heavy atom. The summed E-state index contributed by atoms with van der Waals surface area (Å²) < 4.78 is 10.9. The Morgan fingerprint density at radius 3 is 2.57 bits per heavy atom. The fourth-order valence-corrected chi connectivity index (χ4v) is 1.26. The molecule has 0 aliphatic carbocycles. The van der Waals surface area contributed by atoms with Gasteiger partial charge in [0, 0.05) is 6.08 Å². The molecule has 0 aromatic heterocycles. The molecule has 1 aliphatic rings. The summed E-state index contributed by atoms with van der Waals surface area (Å²) in [6.07, 6.45) is 1.58. The molecule has 1 heterocycles. The number of allylic oxidation sites excluding steroid dienone is 1. The minimum Gasteiger partial charge on any atom is -0.451 e. The summed E-state index contributed by atoms with van der Waals surface area (Å²) >= 11 is 0. The smallest absolute Gasteiger partial charge is 0.261 e. The van der Waals surface area contributed by atoms with Crippen LogP contribution in [0.3, 0.4) is 0 Å². The molecule has 1 aromatic rings. The van der Waals surface area contributed by atoms with E-state index in [1.807, 2.05) is 43.3 Å². The molecule has 2 rings (SSSR count). The van der Waals surface area contributed by atoms with E-state index >= 15 is 0 Å². The molecule has 1 aromatic carbocycles. The molecule has 0 radical (unpaired) electrons. The molecule has 2 nitrogen and oxygen atoms in total. The molecule has 1 aliphatic heterocycles. The highest BCUT2D eigenvalue weighted by molar-refractivity contribution is 5.28. The standard InChI is InChI=1S/C12H12O2/c1-9-8-12(13-10(9)2)14-11-6-4-3-5-7-11/h3-8,12H,2H2,1H3. The summed E-state index contributed by atoms with van der Waals surface area (Å²) in [5, 5.41) is 0. The first kappa shape index (κ1) is 8.88. The van der Waals surface area contributed by atoms with Crippen LogP contribution in [0, 0.1) is 0 Å². The lowest BCUT2D eigenvalue weighted by Gasteiger charge is -2.12. The van der Waals surface area contributed by atoms with E-state index in [1.165, 1.54) is 0 Å². The highest BCUT2D eigenvalue weighted by atomic mass is 16.7. The van der Waals surface area contributed by atoms with Gasteiger partial charge in [-0.25, -0.2) is 0 Å². The Kier molecular flexibility index (Phi) is 2.27. The third-order valence-corrected chi connectivity index (χ3v) is 2.08. The van der Waals surface area contributed by atoms with Crippen LogP contribution in [0.15, 0.2) is 54.3 Å². The predicted molar refractivity (Wildman–Crippen MR) is 54.8 cm³/mol. The topological polar surface area (TPSA) is 18.5 Å². The molecule has 0 saturated carbocycles. The van der Waals surface area contributed by atoms with Crippen molar-refractivity contribution in [3.8, 4) is 5.75 Å². The fraction of sp³-hybridized carbons (Fsp3) is 0.167. The van der Waals surface area contributed by atoms with E-state index in [2.05, 4.69) is 6.58 Å². The van der Waals surface area contributed by atoms with Crippen molar-refractivity contribution in [2.75, 3.05) is 0 Å². The first-order valence-corrected chi connectivity index (χ1v) is 4.52. The summed E-state index contributed by atoms with van der Waals surface area (Å²) in [4.78, 5) is 0. The van der Waals surface area contributed by atoms with Crippen molar-refractivity contribution in [3.63, 3.8) is 0 Å². The van der Waals surface area contributed by atoms with Gasteiger partial charge in [-0.15, -0.1) is 0 Å². The second kappa shape index (κ2) is 3.58. The minimum atomic E-state index is -0.329. The number of hydrogen-bond donors (Lipinski definition) is 0. The van der Waals surface area contributed by atoms with E-state index < -0.39 is 0 Å². The average Bonchev–Trinajstić information content (AvgIpc) is 2.47. The van der Waals surface area contributed by atoms with Crippen LogP contribution in [-0.2, 0) is 4.74 Å². The summed E-state index contributed by atoms with van der Waals surface area (Å²) in [6.45, 7) is 5.71. The molecule has 0 N–H and O–H groups in total. The molecule has 0 fully saturated rings. The van der Waals surface area contributed by atoms with Crippen molar-refractivity contribution >= 4 is 0 Å². The zero-order valence-electron chi connectivity index (χ0n) is 8.07. The van der Waals surface area contributed by atoms with Crippen molar-refractivity contribution in [2.24, 2.45) is 0 Å². The maximum absolute atomic E-state index is 5.56. The molecular weight excluding hydrogens is 176 g/mol. The molecule has 0 saturated heterocycles. The number of ether oxygens (including phenoxy) is 2. The van der Waals surface area contributed by atoms with Gasteiger partial charge in [-0.2, -0.15) is 0 Å². The minimum absolute atomic E-state index is 0.329. The summed E-state index contributed by atoms with van der Waals surface area (Å²) in [6, 6.07) is 9.59. The molecule has 0 amide bonds. The second-order valence-corrected chi connectivity index (χ2v) is 3.19. The van der Waals surface area contributed by atoms with E-state index in [9.17, 15) is 0 Å². The Morgan fingerprint density at radius 2 is 2.00 bits per heavy atom.